The second-order valence-corrected chi connectivity index (χ2v) is 4.38. The molecule has 0 spiro atoms. The zero-order chi connectivity index (χ0) is 13.3. The monoisotopic (exact) mass is 244 g/mol. The van der Waals surface area contributed by atoms with Gasteiger partial charge in [0.05, 0.1) is 6.61 Å². The number of carboxylic acids is 1. The van der Waals surface area contributed by atoms with Gasteiger partial charge in [-0.15, -0.1) is 0 Å². The topological polar surface area (TPSA) is 63.6 Å². The van der Waals surface area contributed by atoms with E-state index >= 15 is 0 Å². The lowest BCUT2D eigenvalue weighted by Gasteiger charge is -2.26. The Balaban J connectivity index is 4.74. The average molecular weight is 244 g/mol. The molecule has 17 heavy (non-hydrogen) atoms. The normalized spacial score (nSPS) is 11.2. The van der Waals surface area contributed by atoms with E-state index in [9.17, 15) is 14.7 Å². The SMILES string of the molecule is CCCCOC(=O)C(CCC)(CCC)C(=O)O. The molecule has 0 aromatic rings. The van der Waals surface area contributed by atoms with E-state index in [-0.39, 0.29) is 0 Å². The van der Waals surface area contributed by atoms with Gasteiger partial charge in [0.2, 0.25) is 0 Å². The number of carboxylic acid groups (broad SMARTS) is 1. The van der Waals surface area contributed by atoms with E-state index in [0.717, 1.165) is 12.8 Å². The highest BCUT2D eigenvalue weighted by Gasteiger charge is 2.45. The van der Waals surface area contributed by atoms with Crippen LogP contribution in [-0.2, 0) is 14.3 Å². The third-order valence-corrected chi connectivity index (χ3v) is 2.88. The van der Waals surface area contributed by atoms with E-state index < -0.39 is 17.4 Å². The first-order valence-electron chi connectivity index (χ1n) is 6.45. The van der Waals surface area contributed by atoms with Crippen LogP contribution in [-0.4, -0.2) is 23.7 Å². The Hall–Kier alpha value is -1.06. The zero-order valence-electron chi connectivity index (χ0n) is 11.1. The van der Waals surface area contributed by atoms with Gasteiger partial charge in [-0.25, -0.2) is 0 Å². The fourth-order valence-electron chi connectivity index (χ4n) is 1.93. The van der Waals surface area contributed by atoms with E-state index in [1.807, 2.05) is 20.8 Å². The minimum atomic E-state index is -1.34. The van der Waals surface area contributed by atoms with Crippen molar-refractivity contribution in [3.8, 4) is 0 Å². The number of ether oxygens (including phenoxy) is 1. The molecule has 0 unspecified atom stereocenters. The summed E-state index contributed by atoms with van der Waals surface area (Å²) in [5.74, 6) is -1.62. The smallest absolute Gasteiger partial charge is 0.323 e. The number of unbranched alkanes of at least 4 members (excludes halogenated alkanes) is 1. The summed E-state index contributed by atoms with van der Waals surface area (Å²) in [5.41, 5.74) is -1.34. The molecule has 4 nitrogen and oxygen atoms in total. The lowest BCUT2D eigenvalue weighted by Crippen LogP contribution is -2.40. The number of carbonyl (C=O) groups excluding carboxylic acids is 1. The molecule has 0 aliphatic rings. The molecule has 100 valence electrons. The van der Waals surface area contributed by atoms with Crippen molar-refractivity contribution in [3.63, 3.8) is 0 Å². The molecule has 0 aromatic carbocycles. The quantitative estimate of drug-likeness (QED) is 0.385. The highest BCUT2D eigenvalue weighted by atomic mass is 16.5. The average Bonchev–Trinajstić information content (AvgIpc) is 2.28. The molecule has 1 N–H and O–H groups in total. The molecule has 0 saturated carbocycles. The molecular weight excluding hydrogens is 220 g/mol. The second kappa shape index (κ2) is 8.09. The van der Waals surface area contributed by atoms with Crippen molar-refractivity contribution >= 4 is 11.9 Å². The summed E-state index contributed by atoms with van der Waals surface area (Å²) < 4.78 is 5.09. The van der Waals surface area contributed by atoms with Crippen molar-refractivity contribution in [2.75, 3.05) is 6.61 Å². The number of esters is 1. The first kappa shape index (κ1) is 15.9. The maximum atomic E-state index is 12.0. The van der Waals surface area contributed by atoms with Gasteiger partial charge in [0.15, 0.2) is 5.41 Å². The summed E-state index contributed by atoms with van der Waals surface area (Å²) in [6.07, 6.45) is 3.72. The van der Waals surface area contributed by atoms with Gasteiger partial charge >= 0.3 is 11.9 Å². The summed E-state index contributed by atoms with van der Waals surface area (Å²) in [6.45, 7) is 6.08. The van der Waals surface area contributed by atoms with Gasteiger partial charge in [0.25, 0.3) is 0 Å². The van der Waals surface area contributed by atoms with Crippen molar-refractivity contribution in [1.82, 2.24) is 0 Å². The lowest BCUT2D eigenvalue weighted by atomic mass is 9.79. The molecule has 0 bridgehead atoms. The van der Waals surface area contributed by atoms with Gasteiger partial charge in [0, 0.05) is 0 Å². The van der Waals surface area contributed by atoms with Crippen molar-refractivity contribution in [2.24, 2.45) is 5.41 Å². The van der Waals surface area contributed by atoms with Crippen LogP contribution < -0.4 is 0 Å². The summed E-state index contributed by atoms with van der Waals surface area (Å²) in [4.78, 5) is 23.3. The first-order chi connectivity index (χ1) is 8.05. The van der Waals surface area contributed by atoms with Gasteiger partial charge in [-0.3, -0.25) is 9.59 Å². The largest absolute Gasteiger partial charge is 0.480 e. The molecule has 0 rings (SSSR count). The minimum absolute atomic E-state index is 0.317. The fourth-order valence-corrected chi connectivity index (χ4v) is 1.93. The van der Waals surface area contributed by atoms with Gasteiger partial charge in [-0.2, -0.15) is 0 Å². The van der Waals surface area contributed by atoms with Crippen molar-refractivity contribution < 1.29 is 19.4 Å². The van der Waals surface area contributed by atoms with E-state index in [0.29, 0.717) is 32.3 Å². The molecule has 0 fully saturated rings. The van der Waals surface area contributed by atoms with Crippen LogP contribution >= 0.6 is 0 Å². The van der Waals surface area contributed by atoms with Gasteiger partial charge in [0.1, 0.15) is 0 Å². The fraction of sp³-hybridized carbons (Fsp3) is 0.846. The third-order valence-electron chi connectivity index (χ3n) is 2.88. The maximum Gasteiger partial charge on any atom is 0.323 e. The highest BCUT2D eigenvalue weighted by Crippen LogP contribution is 2.32. The van der Waals surface area contributed by atoms with Crippen molar-refractivity contribution in [2.45, 2.75) is 59.3 Å². The highest BCUT2D eigenvalue weighted by molar-refractivity contribution is 5.99. The molecule has 4 heteroatoms. The Kier molecular flexibility index (Phi) is 7.59. The van der Waals surface area contributed by atoms with Crippen LogP contribution in [0.4, 0.5) is 0 Å². The number of rotatable bonds is 9. The summed E-state index contributed by atoms with van der Waals surface area (Å²) in [5, 5.41) is 9.31. The van der Waals surface area contributed by atoms with Crippen LogP contribution in [0.5, 0.6) is 0 Å². The Bertz CT molecular complexity index is 242. The molecule has 0 aromatic heterocycles. The molecule has 0 atom stereocenters. The third kappa shape index (κ3) is 4.36. The van der Waals surface area contributed by atoms with E-state index in [1.54, 1.807) is 0 Å². The first-order valence-corrected chi connectivity index (χ1v) is 6.45. The maximum absolute atomic E-state index is 12.0. The molecule has 0 aliphatic carbocycles. The lowest BCUT2D eigenvalue weighted by molar-refractivity contribution is -0.170. The number of aliphatic carboxylic acids is 1. The van der Waals surface area contributed by atoms with E-state index in [2.05, 4.69) is 0 Å². The summed E-state index contributed by atoms with van der Waals surface area (Å²) >= 11 is 0. The molecule has 0 amide bonds. The number of hydrogen-bond donors (Lipinski definition) is 1. The molecular formula is C13H24O4. The van der Waals surface area contributed by atoms with Crippen molar-refractivity contribution in [1.29, 1.82) is 0 Å². The van der Waals surface area contributed by atoms with E-state index in [1.165, 1.54) is 0 Å². The predicted octanol–water partition coefficient (Wildman–Crippen LogP) is 3.00. The van der Waals surface area contributed by atoms with E-state index in [4.69, 9.17) is 4.74 Å². The Labute approximate surface area is 103 Å². The van der Waals surface area contributed by atoms with Crippen LogP contribution in [0.15, 0.2) is 0 Å². The molecule has 0 saturated heterocycles. The standard InChI is InChI=1S/C13H24O4/c1-4-7-10-17-12(16)13(8-5-2,9-6-3)11(14)15/h4-10H2,1-3H3,(H,14,15). The number of hydrogen-bond acceptors (Lipinski definition) is 3. The Morgan fingerprint density at radius 3 is 1.94 bits per heavy atom. The van der Waals surface area contributed by atoms with Crippen LogP contribution in [0.3, 0.4) is 0 Å². The minimum Gasteiger partial charge on any atom is -0.480 e. The predicted molar refractivity (Wildman–Crippen MR) is 65.8 cm³/mol. The van der Waals surface area contributed by atoms with Gasteiger partial charge in [-0.1, -0.05) is 40.0 Å². The molecule has 0 heterocycles. The van der Waals surface area contributed by atoms with Crippen LogP contribution in [0.25, 0.3) is 0 Å². The number of carbonyl (C=O) groups is 2. The van der Waals surface area contributed by atoms with Crippen molar-refractivity contribution in [3.05, 3.63) is 0 Å². The van der Waals surface area contributed by atoms with Gasteiger partial charge in [-0.05, 0) is 19.3 Å². The Morgan fingerprint density at radius 2 is 1.59 bits per heavy atom. The van der Waals surface area contributed by atoms with Gasteiger partial charge < -0.3 is 9.84 Å². The Morgan fingerprint density at radius 1 is 1.06 bits per heavy atom. The van der Waals surface area contributed by atoms with Crippen LogP contribution in [0.2, 0.25) is 0 Å². The molecule has 0 radical (unpaired) electrons. The zero-order valence-corrected chi connectivity index (χ0v) is 11.1. The molecule has 0 aliphatic heterocycles. The summed E-state index contributed by atoms with van der Waals surface area (Å²) in [7, 11) is 0. The van der Waals surface area contributed by atoms with Crippen LogP contribution in [0.1, 0.15) is 59.3 Å². The second-order valence-electron chi connectivity index (χ2n) is 4.38. The summed E-state index contributed by atoms with van der Waals surface area (Å²) in [6, 6.07) is 0. The van der Waals surface area contributed by atoms with Crippen LogP contribution in [0, 0.1) is 5.41 Å².